The van der Waals surface area contributed by atoms with Crippen LogP contribution in [0.15, 0.2) is 66.7 Å². The Balaban J connectivity index is 2.00. The van der Waals surface area contributed by atoms with Crippen molar-refractivity contribution in [3.63, 3.8) is 0 Å². The van der Waals surface area contributed by atoms with Gasteiger partial charge in [-0.05, 0) is 18.6 Å². The third-order valence-electron chi connectivity index (χ3n) is 4.15. The number of para-hydroxylation sites is 1. The molecule has 0 bridgehead atoms. The number of hydrogen-bond donors (Lipinski definition) is 0. The van der Waals surface area contributed by atoms with Crippen molar-refractivity contribution in [2.75, 3.05) is 13.2 Å². The molecular formula is C22H26O3. The van der Waals surface area contributed by atoms with Gasteiger partial charge in [-0.2, -0.15) is 0 Å². The van der Waals surface area contributed by atoms with Gasteiger partial charge in [0, 0.05) is 23.5 Å². The highest BCUT2D eigenvalue weighted by Crippen LogP contribution is 2.37. The first kappa shape index (κ1) is 18.8. The molecule has 0 atom stereocenters. The van der Waals surface area contributed by atoms with E-state index in [1.807, 2.05) is 24.3 Å². The average molecular weight is 338 g/mol. The van der Waals surface area contributed by atoms with Crippen LogP contribution in [0.3, 0.4) is 0 Å². The summed E-state index contributed by atoms with van der Waals surface area (Å²) in [6.07, 6.45) is 3.74. The summed E-state index contributed by atoms with van der Waals surface area (Å²) in [5.41, 5.74) is 2.23. The van der Waals surface area contributed by atoms with Crippen LogP contribution in [0.4, 0.5) is 0 Å². The molecule has 0 heterocycles. The fourth-order valence-corrected chi connectivity index (χ4v) is 2.72. The number of benzene rings is 2. The summed E-state index contributed by atoms with van der Waals surface area (Å²) >= 11 is 0. The Hall–Kier alpha value is -2.55. The maximum atomic E-state index is 11.3. The van der Waals surface area contributed by atoms with E-state index >= 15 is 0 Å². The monoisotopic (exact) mass is 338 g/mol. The van der Waals surface area contributed by atoms with E-state index in [0.717, 1.165) is 11.3 Å². The van der Waals surface area contributed by atoms with Crippen molar-refractivity contribution in [2.24, 2.45) is 0 Å². The molecule has 0 saturated heterocycles. The number of ether oxygens (including phenoxy) is 2. The first-order valence-corrected chi connectivity index (χ1v) is 8.63. The van der Waals surface area contributed by atoms with Crippen LogP contribution >= 0.6 is 0 Å². The second-order valence-corrected chi connectivity index (χ2v) is 6.36. The topological polar surface area (TPSA) is 35.5 Å². The van der Waals surface area contributed by atoms with Crippen LogP contribution in [0, 0.1) is 0 Å². The lowest BCUT2D eigenvalue weighted by molar-refractivity contribution is -0.137. The maximum Gasteiger partial charge on any atom is 0.330 e. The maximum absolute atomic E-state index is 11.3. The Morgan fingerprint density at radius 2 is 1.68 bits per heavy atom. The summed E-state index contributed by atoms with van der Waals surface area (Å²) in [5, 5.41) is 0. The van der Waals surface area contributed by atoms with E-state index in [1.54, 1.807) is 13.0 Å². The Bertz CT molecular complexity index is 702. The van der Waals surface area contributed by atoms with Gasteiger partial charge in [0.15, 0.2) is 0 Å². The molecule has 0 amide bonds. The normalized spacial score (nSPS) is 11.5. The molecule has 0 N–H and O–H groups in total. The quantitative estimate of drug-likeness (QED) is 0.390. The van der Waals surface area contributed by atoms with Gasteiger partial charge < -0.3 is 9.47 Å². The Morgan fingerprint density at radius 1 is 1.00 bits per heavy atom. The fraction of sp³-hybridized carbons (Fsp3) is 0.318. The summed E-state index contributed by atoms with van der Waals surface area (Å²) < 4.78 is 11.1. The number of carbonyl (C=O) groups excluding carboxylic acids is 1. The first-order valence-electron chi connectivity index (χ1n) is 8.63. The molecule has 2 rings (SSSR count). The molecule has 3 heteroatoms. The molecule has 132 valence electrons. The van der Waals surface area contributed by atoms with E-state index in [2.05, 4.69) is 44.2 Å². The smallest absolute Gasteiger partial charge is 0.330 e. The molecule has 0 fully saturated rings. The molecule has 0 aliphatic carbocycles. The van der Waals surface area contributed by atoms with E-state index < -0.39 is 0 Å². The zero-order valence-corrected chi connectivity index (χ0v) is 15.2. The van der Waals surface area contributed by atoms with Crippen LogP contribution in [-0.2, 0) is 14.9 Å². The minimum Gasteiger partial charge on any atom is -0.493 e. The van der Waals surface area contributed by atoms with Crippen molar-refractivity contribution in [2.45, 2.75) is 32.6 Å². The van der Waals surface area contributed by atoms with Gasteiger partial charge in [-0.25, -0.2) is 4.79 Å². The molecule has 0 radical (unpaired) electrons. The van der Waals surface area contributed by atoms with Crippen LogP contribution in [0.25, 0.3) is 0 Å². The standard InChI is InChI=1S/C22H26O3/c1-4-11-21(23)25-17-10-16-24-20-15-9-8-14-19(20)22(2,3)18-12-6-5-7-13-18/h4-9,11-15H,10,16-17H2,1-3H3. The summed E-state index contributed by atoms with van der Waals surface area (Å²) in [5.74, 6) is 0.559. The summed E-state index contributed by atoms with van der Waals surface area (Å²) in [4.78, 5) is 11.3. The van der Waals surface area contributed by atoms with E-state index in [-0.39, 0.29) is 11.4 Å². The summed E-state index contributed by atoms with van der Waals surface area (Å²) in [7, 11) is 0. The second kappa shape index (κ2) is 9.07. The average Bonchev–Trinajstić information content (AvgIpc) is 2.63. The molecule has 25 heavy (non-hydrogen) atoms. The minimum absolute atomic E-state index is 0.157. The Morgan fingerprint density at radius 3 is 2.40 bits per heavy atom. The van der Waals surface area contributed by atoms with Gasteiger partial charge in [0.05, 0.1) is 13.2 Å². The molecular weight excluding hydrogens is 312 g/mol. The number of carbonyl (C=O) groups is 1. The molecule has 0 saturated carbocycles. The van der Waals surface area contributed by atoms with Crippen LogP contribution in [-0.4, -0.2) is 19.2 Å². The van der Waals surface area contributed by atoms with Crippen molar-refractivity contribution in [3.05, 3.63) is 77.9 Å². The van der Waals surface area contributed by atoms with Gasteiger partial charge in [0.25, 0.3) is 0 Å². The first-order chi connectivity index (χ1) is 12.1. The lowest BCUT2D eigenvalue weighted by atomic mass is 9.78. The van der Waals surface area contributed by atoms with Crippen LogP contribution in [0.2, 0.25) is 0 Å². The third-order valence-corrected chi connectivity index (χ3v) is 4.15. The van der Waals surface area contributed by atoms with Crippen LogP contribution < -0.4 is 4.74 Å². The largest absolute Gasteiger partial charge is 0.493 e. The minimum atomic E-state index is -0.312. The van der Waals surface area contributed by atoms with Crippen molar-refractivity contribution in [3.8, 4) is 5.75 Å². The van der Waals surface area contributed by atoms with Crippen LogP contribution in [0.1, 0.15) is 38.3 Å². The highest BCUT2D eigenvalue weighted by Gasteiger charge is 2.26. The number of hydrogen-bond acceptors (Lipinski definition) is 3. The number of rotatable bonds is 8. The van der Waals surface area contributed by atoms with E-state index in [0.29, 0.717) is 19.6 Å². The number of allylic oxidation sites excluding steroid dienone is 1. The third kappa shape index (κ3) is 5.21. The summed E-state index contributed by atoms with van der Waals surface area (Å²) in [6, 6.07) is 18.5. The van der Waals surface area contributed by atoms with Crippen LogP contribution in [0.5, 0.6) is 5.75 Å². The molecule has 3 nitrogen and oxygen atoms in total. The molecule has 2 aromatic carbocycles. The molecule has 0 spiro atoms. The lowest BCUT2D eigenvalue weighted by Crippen LogP contribution is -2.20. The second-order valence-electron chi connectivity index (χ2n) is 6.36. The van der Waals surface area contributed by atoms with Gasteiger partial charge in [0.2, 0.25) is 0 Å². The SMILES string of the molecule is CC=CC(=O)OCCCOc1ccccc1C(C)(C)c1ccccc1. The number of esters is 1. The van der Waals surface area contributed by atoms with Crippen molar-refractivity contribution in [1.82, 2.24) is 0 Å². The van der Waals surface area contributed by atoms with Gasteiger partial charge in [-0.3, -0.25) is 0 Å². The highest BCUT2D eigenvalue weighted by atomic mass is 16.5. The van der Waals surface area contributed by atoms with Crippen molar-refractivity contribution >= 4 is 5.97 Å². The van der Waals surface area contributed by atoms with E-state index in [4.69, 9.17) is 9.47 Å². The molecule has 2 aromatic rings. The molecule has 0 unspecified atom stereocenters. The Labute approximate surface area is 150 Å². The van der Waals surface area contributed by atoms with Gasteiger partial charge >= 0.3 is 5.97 Å². The van der Waals surface area contributed by atoms with E-state index in [1.165, 1.54) is 11.6 Å². The van der Waals surface area contributed by atoms with Gasteiger partial charge in [-0.15, -0.1) is 0 Å². The molecule has 0 aliphatic heterocycles. The lowest BCUT2D eigenvalue weighted by Gasteiger charge is -2.28. The van der Waals surface area contributed by atoms with Gasteiger partial charge in [0.1, 0.15) is 5.75 Å². The predicted molar refractivity (Wildman–Crippen MR) is 101 cm³/mol. The molecule has 0 aliphatic rings. The zero-order valence-electron chi connectivity index (χ0n) is 15.2. The van der Waals surface area contributed by atoms with Crippen molar-refractivity contribution < 1.29 is 14.3 Å². The Kier molecular flexibility index (Phi) is 6.81. The summed E-state index contributed by atoms with van der Waals surface area (Å²) in [6.45, 7) is 7.04. The van der Waals surface area contributed by atoms with E-state index in [9.17, 15) is 4.79 Å². The van der Waals surface area contributed by atoms with Gasteiger partial charge in [-0.1, -0.05) is 68.5 Å². The zero-order chi connectivity index (χ0) is 18.1. The predicted octanol–water partition coefficient (Wildman–Crippen LogP) is 4.90. The van der Waals surface area contributed by atoms with Crippen molar-refractivity contribution in [1.29, 1.82) is 0 Å². The highest BCUT2D eigenvalue weighted by molar-refractivity contribution is 5.81. The fourth-order valence-electron chi connectivity index (χ4n) is 2.72. The molecule has 0 aromatic heterocycles.